The molecular formula is C14H10F2N2O4. The van der Waals surface area contributed by atoms with E-state index < -0.39 is 33.9 Å². The van der Waals surface area contributed by atoms with Crippen molar-refractivity contribution in [1.29, 1.82) is 0 Å². The van der Waals surface area contributed by atoms with Crippen LogP contribution in [0.3, 0.4) is 0 Å². The zero-order valence-corrected chi connectivity index (χ0v) is 11.0. The van der Waals surface area contributed by atoms with Gasteiger partial charge in [0.25, 0.3) is 0 Å². The number of anilines is 1. The lowest BCUT2D eigenvalue weighted by Crippen LogP contribution is -2.15. The van der Waals surface area contributed by atoms with Gasteiger partial charge in [-0.25, -0.2) is 8.78 Å². The Kier molecular flexibility index (Phi) is 4.31. The molecular weight excluding hydrogens is 298 g/mol. The topological polar surface area (TPSA) is 92.5 Å². The third-order valence-electron chi connectivity index (χ3n) is 2.82. The molecule has 0 atom stereocenters. The minimum Gasteiger partial charge on any atom is -0.502 e. The fraction of sp³-hybridized carbons (Fsp3) is 0.0714. The van der Waals surface area contributed by atoms with Crippen molar-refractivity contribution in [2.45, 2.75) is 6.42 Å². The number of benzene rings is 2. The first-order chi connectivity index (χ1) is 10.4. The van der Waals surface area contributed by atoms with Crippen molar-refractivity contribution in [2.75, 3.05) is 5.32 Å². The van der Waals surface area contributed by atoms with E-state index in [0.29, 0.717) is 6.07 Å². The van der Waals surface area contributed by atoms with Gasteiger partial charge in [0.2, 0.25) is 5.91 Å². The standard InChI is InChI=1S/C14H10F2N2O4/c15-9-2-1-8(11(16)6-9)5-14(20)17-10-3-4-13(19)12(7-10)18(21)22/h1-4,6-7,19H,5H2,(H,17,20). The third-order valence-corrected chi connectivity index (χ3v) is 2.82. The molecule has 22 heavy (non-hydrogen) atoms. The summed E-state index contributed by atoms with van der Waals surface area (Å²) in [7, 11) is 0. The van der Waals surface area contributed by atoms with Crippen molar-refractivity contribution in [2.24, 2.45) is 0 Å². The van der Waals surface area contributed by atoms with E-state index in [-0.39, 0.29) is 17.7 Å². The molecule has 0 spiro atoms. The van der Waals surface area contributed by atoms with E-state index in [1.807, 2.05) is 0 Å². The average molecular weight is 308 g/mol. The second kappa shape index (κ2) is 6.17. The summed E-state index contributed by atoms with van der Waals surface area (Å²) >= 11 is 0. The van der Waals surface area contributed by atoms with Gasteiger partial charge in [0.15, 0.2) is 5.75 Å². The lowest BCUT2D eigenvalue weighted by Gasteiger charge is -2.06. The predicted molar refractivity (Wildman–Crippen MR) is 73.5 cm³/mol. The molecule has 6 nitrogen and oxygen atoms in total. The highest BCUT2D eigenvalue weighted by atomic mass is 19.1. The molecule has 0 aliphatic carbocycles. The van der Waals surface area contributed by atoms with E-state index >= 15 is 0 Å². The number of rotatable bonds is 4. The molecule has 0 aliphatic rings. The summed E-state index contributed by atoms with van der Waals surface area (Å²) in [5, 5.41) is 22.3. The SMILES string of the molecule is O=C(Cc1ccc(F)cc1F)Nc1ccc(O)c([N+](=O)[O-])c1. The Morgan fingerprint density at radius 3 is 2.59 bits per heavy atom. The van der Waals surface area contributed by atoms with Gasteiger partial charge in [0.05, 0.1) is 11.3 Å². The normalized spacial score (nSPS) is 10.3. The minimum atomic E-state index is -0.855. The van der Waals surface area contributed by atoms with E-state index in [4.69, 9.17) is 0 Å². The first kappa shape index (κ1) is 15.4. The number of carbonyl (C=O) groups is 1. The molecule has 0 aliphatic heterocycles. The predicted octanol–water partition coefficient (Wildman–Crippen LogP) is 2.76. The molecule has 114 valence electrons. The molecule has 2 rings (SSSR count). The van der Waals surface area contributed by atoms with Gasteiger partial charge in [-0.15, -0.1) is 0 Å². The van der Waals surface area contributed by atoms with E-state index in [0.717, 1.165) is 24.3 Å². The number of amides is 1. The van der Waals surface area contributed by atoms with Gasteiger partial charge in [0, 0.05) is 17.8 Å². The minimum absolute atomic E-state index is 0.00724. The summed E-state index contributed by atoms with van der Waals surface area (Å²) in [6.45, 7) is 0. The summed E-state index contributed by atoms with van der Waals surface area (Å²) < 4.78 is 26.2. The molecule has 2 aromatic rings. The Bertz CT molecular complexity index is 750. The van der Waals surface area contributed by atoms with Gasteiger partial charge in [-0.05, 0) is 23.8 Å². The molecule has 0 radical (unpaired) electrons. The molecule has 0 fully saturated rings. The highest BCUT2D eigenvalue weighted by molar-refractivity contribution is 5.92. The molecule has 2 aromatic carbocycles. The molecule has 2 N–H and O–H groups in total. The Hall–Kier alpha value is -3.03. The lowest BCUT2D eigenvalue weighted by atomic mass is 10.1. The van der Waals surface area contributed by atoms with Crippen LogP contribution in [-0.4, -0.2) is 15.9 Å². The number of phenolic OH excluding ortho intramolecular Hbond substituents is 1. The maximum Gasteiger partial charge on any atom is 0.312 e. The number of nitrogens with one attached hydrogen (secondary N) is 1. The van der Waals surface area contributed by atoms with Crippen molar-refractivity contribution in [3.05, 3.63) is 63.7 Å². The Morgan fingerprint density at radius 1 is 1.23 bits per heavy atom. The summed E-state index contributed by atoms with van der Waals surface area (Å²) in [6.07, 6.45) is -0.360. The van der Waals surface area contributed by atoms with Crippen LogP contribution in [0.25, 0.3) is 0 Å². The van der Waals surface area contributed by atoms with Crippen molar-refractivity contribution < 1.29 is 23.6 Å². The molecule has 0 aromatic heterocycles. The molecule has 1 amide bonds. The van der Waals surface area contributed by atoms with Gasteiger partial charge in [0.1, 0.15) is 11.6 Å². The number of phenols is 1. The number of aromatic hydroxyl groups is 1. The van der Waals surface area contributed by atoms with E-state index in [1.54, 1.807) is 0 Å². The number of halogens is 2. The Balaban J connectivity index is 2.12. The first-order valence-electron chi connectivity index (χ1n) is 6.08. The average Bonchev–Trinajstić information content (AvgIpc) is 2.44. The smallest absolute Gasteiger partial charge is 0.312 e. The van der Waals surface area contributed by atoms with Gasteiger partial charge >= 0.3 is 5.69 Å². The molecule has 8 heteroatoms. The Labute approximate surface area is 123 Å². The highest BCUT2D eigenvalue weighted by Crippen LogP contribution is 2.28. The van der Waals surface area contributed by atoms with Crippen LogP contribution in [0, 0.1) is 21.7 Å². The lowest BCUT2D eigenvalue weighted by molar-refractivity contribution is -0.385. The summed E-state index contributed by atoms with van der Waals surface area (Å²) in [4.78, 5) is 21.7. The van der Waals surface area contributed by atoms with Crippen LogP contribution in [-0.2, 0) is 11.2 Å². The maximum atomic E-state index is 13.4. The number of hydrogen-bond acceptors (Lipinski definition) is 4. The van der Waals surface area contributed by atoms with Crippen LogP contribution >= 0.6 is 0 Å². The van der Waals surface area contributed by atoms with Crippen molar-refractivity contribution in [3.8, 4) is 5.75 Å². The van der Waals surface area contributed by atoms with Crippen molar-refractivity contribution >= 4 is 17.3 Å². The maximum absolute atomic E-state index is 13.4. The third kappa shape index (κ3) is 3.54. The summed E-state index contributed by atoms with van der Waals surface area (Å²) in [6, 6.07) is 6.14. The van der Waals surface area contributed by atoms with Crippen LogP contribution in [0.5, 0.6) is 5.75 Å². The molecule has 0 bridgehead atoms. The number of carbonyl (C=O) groups excluding carboxylic acids is 1. The highest BCUT2D eigenvalue weighted by Gasteiger charge is 2.15. The quantitative estimate of drug-likeness (QED) is 0.516. The van der Waals surface area contributed by atoms with E-state index in [9.17, 15) is 28.8 Å². The second-order valence-electron chi connectivity index (χ2n) is 4.42. The van der Waals surface area contributed by atoms with Crippen LogP contribution in [0.1, 0.15) is 5.56 Å². The number of nitrogens with zero attached hydrogens (tertiary/aromatic N) is 1. The number of nitro groups is 1. The van der Waals surface area contributed by atoms with Crippen molar-refractivity contribution in [1.82, 2.24) is 0 Å². The zero-order chi connectivity index (χ0) is 16.3. The number of nitro benzene ring substituents is 1. The first-order valence-corrected chi connectivity index (χ1v) is 6.08. The Morgan fingerprint density at radius 2 is 1.95 bits per heavy atom. The molecule has 0 saturated heterocycles. The summed E-state index contributed by atoms with van der Waals surface area (Å²) in [5.41, 5.74) is -0.491. The van der Waals surface area contributed by atoms with Gasteiger partial charge in [-0.2, -0.15) is 0 Å². The van der Waals surface area contributed by atoms with Crippen LogP contribution in [0.2, 0.25) is 0 Å². The van der Waals surface area contributed by atoms with Gasteiger partial charge in [-0.1, -0.05) is 6.07 Å². The fourth-order valence-corrected chi connectivity index (χ4v) is 1.79. The molecule has 0 unspecified atom stereocenters. The van der Waals surface area contributed by atoms with Gasteiger partial charge in [-0.3, -0.25) is 14.9 Å². The van der Waals surface area contributed by atoms with Gasteiger partial charge < -0.3 is 10.4 Å². The molecule has 0 heterocycles. The van der Waals surface area contributed by atoms with E-state index in [2.05, 4.69) is 5.32 Å². The van der Waals surface area contributed by atoms with Crippen molar-refractivity contribution in [3.63, 3.8) is 0 Å². The number of hydrogen-bond donors (Lipinski definition) is 2. The van der Waals surface area contributed by atoms with E-state index in [1.165, 1.54) is 6.07 Å². The zero-order valence-electron chi connectivity index (χ0n) is 11.0. The molecule has 0 saturated carbocycles. The second-order valence-corrected chi connectivity index (χ2v) is 4.42. The van der Waals surface area contributed by atoms with Crippen LogP contribution in [0.15, 0.2) is 36.4 Å². The van der Waals surface area contributed by atoms with Crippen LogP contribution < -0.4 is 5.32 Å². The van der Waals surface area contributed by atoms with Crippen LogP contribution in [0.4, 0.5) is 20.2 Å². The largest absolute Gasteiger partial charge is 0.502 e. The summed E-state index contributed by atoms with van der Waals surface area (Å²) in [5.74, 6) is -2.78. The fourth-order valence-electron chi connectivity index (χ4n) is 1.79. The monoisotopic (exact) mass is 308 g/mol.